The van der Waals surface area contributed by atoms with Crippen molar-refractivity contribution in [3.05, 3.63) is 22.7 Å². The molecule has 1 aliphatic heterocycles. The minimum absolute atomic E-state index is 0.0552. The molecule has 4 atom stereocenters. The van der Waals surface area contributed by atoms with Crippen LogP contribution in [0.3, 0.4) is 0 Å². The minimum Gasteiger partial charge on any atom is -0.444 e. The van der Waals surface area contributed by atoms with E-state index in [0.29, 0.717) is 11.0 Å². The molecule has 2 rings (SSSR count). The number of carbonyl (C=O) groups excluding carboxylic acids is 1. The summed E-state index contributed by atoms with van der Waals surface area (Å²) in [5, 5.41) is 12.3. The van der Waals surface area contributed by atoms with E-state index in [0.717, 1.165) is 37.9 Å². The standard InChI is InChI=1S/C24H40F2N3O9P/c1-5-6-7-8-9-10-11-12-15-35-39(33,34)36-16-17-19(30)24(25,26)20(37-17)29-14-13-18(27-21(29)31)28-22(32)38-23(2,3)4/h13-14,17,19-20,30H,5-12,15-16H2,1-4H3,(H,33,34)(H,27,28,31,32)/t17-,19-,20?/m1/s1. The first-order valence-corrected chi connectivity index (χ1v) is 14.6. The number of phosphoric ester groups is 1. The number of nitrogens with one attached hydrogen (secondary N) is 1. The second kappa shape index (κ2) is 14.6. The monoisotopic (exact) mass is 583 g/mol. The van der Waals surface area contributed by atoms with Gasteiger partial charge in [-0.3, -0.25) is 18.9 Å². The average molecular weight is 584 g/mol. The number of nitrogens with zero attached hydrogens (tertiary/aromatic N) is 2. The Morgan fingerprint density at radius 2 is 1.79 bits per heavy atom. The summed E-state index contributed by atoms with van der Waals surface area (Å²) in [6.07, 6.45) is 1.57. The van der Waals surface area contributed by atoms with Crippen LogP contribution in [-0.4, -0.2) is 62.6 Å². The molecule has 2 unspecified atom stereocenters. The number of aromatic nitrogens is 2. The number of hydrogen-bond donors (Lipinski definition) is 3. The number of anilines is 1. The SMILES string of the molecule is CCCCCCCCCCOP(=O)(O)OC[C@H]1OC(n2ccc(NC(=O)OC(C)(C)C)nc2=O)C(F)(F)[C@@H]1O. The number of rotatable bonds is 15. The van der Waals surface area contributed by atoms with Crippen molar-refractivity contribution in [3.63, 3.8) is 0 Å². The Hall–Kier alpha value is -1.96. The molecule has 2 heterocycles. The molecule has 1 aliphatic rings. The summed E-state index contributed by atoms with van der Waals surface area (Å²) in [4.78, 5) is 37.6. The molecular weight excluding hydrogens is 543 g/mol. The molecule has 3 N–H and O–H groups in total. The normalized spacial score (nSPS) is 22.4. The number of aliphatic hydroxyl groups excluding tert-OH is 1. The maximum atomic E-state index is 14.8. The second-order valence-electron chi connectivity index (χ2n) is 10.3. The van der Waals surface area contributed by atoms with Crippen molar-refractivity contribution in [2.75, 3.05) is 18.5 Å². The summed E-state index contributed by atoms with van der Waals surface area (Å²) in [5.74, 6) is -4.22. The predicted octanol–water partition coefficient (Wildman–Crippen LogP) is 4.76. The summed E-state index contributed by atoms with van der Waals surface area (Å²) in [6.45, 7) is 6.08. The Balaban J connectivity index is 1.88. The fourth-order valence-electron chi connectivity index (χ4n) is 3.80. The first-order valence-electron chi connectivity index (χ1n) is 13.1. The topological polar surface area (TPSA) is 158 Å². The van der Waals surface area contributed by atoms with Gasteiger partial charge in [0, 0.05) is 6.20 Å². The van der Waals surface area contributed by atoms with E-state index < -0.39 is 56.2 Å². The van der Waals surface area contributed by atoms with E-state index in [-0.39, 0.29) is 12.4 Å². The zero-order valence-electron chi connectivity index (χ0n) is 22.8. The quantitative estimate of drug-likeness (QED) is 0.194. The highest BCUT2D eigenvalue weighted by atomic mass is 31.2. The summed E-state index contributed by atoms with van der Waals surface area (Å²) < 4.78 is 62.0. The van der Waals surface area contributed by atoms with Crippen LogP contribution in [0.5, 0.6) is 0 Å². The van der Waals surface area contributed by atoms with Gasteiger partial charge < -0.3 is 19.5 Å². The molecule has 39 heavy (non-hydrogen) atoms. The summed E-state index contributed by atoms with van der Waals surface area (Å²) in [5.41, 5.74) is -2.02. The fourth-order valence-corrected chi connectivity index (χ4v) is 4.57. The van der Waals surface area contributed by atoms with Crippen molar-refractivity contribution in [1.29, 1.82) is 0 Å². The van der Waals surface area contributed by atoms with Crippen LogP contribution in [0.2, 0.25) is 0 Å². The first-order chi connectivity index (χ1) is 18.2. The molecule has 224 valence electrons. The van der Waals surface area contributed by atoms with Gasteiger partial charge in [-0.1, -0.05) is 51.9 Å². The van der Waals surface area contributed by atoms with Crippen molar-refractivity contribution in [2.45, 2.75) is 109 Å². The Morgan fingerprint density at radius 1 is 1.18 bits per heavy atom. The Labute approximate surface area is 226 Å². The number of phosphoric acid groups is 1. The van der Waals surface area contributed by atoms with E-state index in [9.17, 15) is 32.9 Å². The van der Waals surface area contributed by atoms with Crippen molar-refractivity contribution in [3.8, 4) is 0 Å². The highest BCUT2D eigenvalue weighted by Crippen LogP contribution is 2.47. The molecule has 0 radical (unpaired) electrons. The van der Waals surface area contributed by atoms with Gasteiger partial charge in [0.25, 0.3) is 0 Å². The van der Waals surface area contributed by atoms with E-state index in [2.05, 4.69) is 17.2 Å². The van der Waals surface area contributed by atoms with E-state index in [1.165, 1.54) is 19.3 Å². The summed E-state index contributed by atoms with van der Waals surface area (Å²) in [6, 6.07) is 1.07. The van der Waals surface area contributed by atoms with Gasteiger partial charge in [-0.05, 0) is 33.3 Å². The third kappa shape index (κ3) is 10.8. The molecular formula is C24H40F2N3O9P. The van der Waals surface area contributed by atoms with Crippen LogP contribution in [0.25, 0.3) is 0 Å². The van der Waals surface area contributed by atoms with Gasteiger partial charge in [0.1, 0.15) is 17.5 Å². The van der Waals surface area contributed by atoms with Gasteiger partial charge in [-0.25, -0.2) is 14.2 Å². The van der Waals surface area contributed by atoms with Gasteiger partial charge in [0.05, 0.1) is 13.2 Å². The lowest BCUT2D eigenvalue weighted by molar-refractivity contribution is -0.140. The molecule has 0 saturated carbocycles. The van der Waals surface area contributed by atoms with Crippen molar-refractivity contribution >= 4 is 19.7 Å². The molecule has 0 spiro atoms. The van der Waals surface area contributed by atoms with E-state index in [1.54, 1.807) is 20.8 Å². The van der Waals surface area contributed by atoms with Crippen LogP contribution >= 0.6 is 7.82 Å². The minimum atomic E-state index is -4.59. The number of hydrogen-bond acceptors (Lipinski definition) is 9. The van der Waals surface area contributed by atoms with E-state index >= 15 is 0 Å². The van der Waals surface area contributed by atoms with Crippen LogP contribution in [-0.2, 0) is 23.1 Å². The molecule has 1 aromatic rings. The molecule has 15 heteroatoms. The number of halogens is 2. The Kier molecular flexibility index (Phi) is 12.5. The van der Waals surface area contributed by atoms with Gasteiger partial charge >= 0.3 is 25.5 Å². The van der Waals surface area contributed by atoms with Crippen LogP contribution < -0.4 is 11.0 Å². The van der Waals surface area contributed by atoms with Crippen molar-refractivity contribution in [1.82, 2.24) is 9.55 Å². The largest absolute Gasteiger partial charge is 0.472 e. The molecule has 12 nitrogen and oxygen atoms in total. The van der Waals surface area contributed by atoms with Crippen molar-refractivity contribution < 1.29 is 46.7 Å². The lowest BCUT2D eigenvalue weighted by atomic mass is 10.1. The van der Waals surface area contributed by atoms with Crippen LogP contribution in [0, 0.1) is 0 Å². The van der Waals surface area contributed by atoms with Crippen LogP contribution in [0.15, 0.2) is 17.1 Å². The number of aliphatic hydroxyl groups is 1. The summed E-state index contributed by atoms with van der Waals surface area (Å²) in [7, 11) is -4.59. The smallest absolute Gasteiger partial charge is 0.444 e. The Morgan fingerprint density at radius 3 is 2.38 bits per heavy atom. The van der Waals surface area contributed by atoms with Crippen molar-refractivity contribution in [2.24, 2.45) is 0 Å². The van der Waals surface area contributed by atoms with Crippen LogP contribution in [0.4, 0.5) is 19.4 Å². The van der Waals surface area contributed by atoms with Gasteiger partial charge in [0.2, 0.25) is 6.23 Å². The maximum absolute atomic E-state index is 14.8. The molecule has 1 saturated heterocycles. The highest BCUT2D eigenvalue weighted by Gasteiger charge is 2.60. The van der Waals surface area contributed by atoms with E-state index in [4.69, 9.17) is 18.5 Å². The number of ether oxygens (including phenoxy) is 2. The fraction of sp³-hybridized carbons (Fsp3) is 0.792. The molecule has 0 aliphatic carbocycles. The number of amides is 1. The van der Waals surface area contributed by atoms with E-state index in [1.807, 2.05) is 0 Å². The molecule has 0 bridgehead atoms. The molecule has 1 aromatic heterocycles. The summed E-state index contributed by atoms with van der Waals surface area (Å²) >= 11 is 0. The average Bonchev–Trinajstić information content (AvgIpc) is 3.04. The number of carbonyl (C=O) groups is 1. The predicted molar refractivity (Wildman–Crippen MR) is 138 cm³/mol. The van der Waals surface area contributed by atoms with Gasteiger partial charge in [-0.15, -0.1) is 0 Å². The lowest BCUT2D eigenvalue weighted by Crippen LogP contribution is -2.42. The first kappa shape index (κ1) is 33.2. The molecule has 1 fully saturated rings. The zero-order valence-corrected chi connectivity index (χ0v) is 23.7. The maximum Gasteiger partial charge on any atom is 0.472 e. The Bertz CT molecular complexity index is 1030. The second-order valence-corrected chi connectivity index (χ2v) is 11.8. The lowest BCUT2D eigenvalue weighted by Gasteiger charge is -2.21. The van der Waals surface area contributed by atoms with Gasteiger partial charge in [0.15, 0.2) is 6.10 Å². The zero-order chi connectivity index (χ0) is 29.3. The highest BCUT2D eigenvalue weighted by molar-refractivity contribution is 7.47. The van der Waals surface area contributed by atoms with Crippen LogP contribution in [0.1, 0.15) is 85.3 Å². The molecule has 1 amide bonds. The number of alkyl halides is 2. The third-order valence-corrected chi connectivity index (χ3v) is 6.73. The van der Waals surface area contributed by atoms with Gasteiger partial charge in [-0.2, -0.15) is 13.8 Å². The molecule has 0 aromatic carbocycles. The number of unbranched alkanes of at least 4 members (excludes halogenated alkanes) is 7. The third-order valence-electron chi connectivity index (χ3n) is 5.75.